The molecule has 0 atom stereocenters. The minimum Gasteiger partial charge on any atom is -0.297 e. The van der Waals surface area contributed by atoms with Gasteiger partial charge in [0.2, 0.25) is 0 Å². The lowest BCUT2D eigenvalue weighted by Gasteiger charge is -2.14. The molecule has 1 N–H and O–H groups in total. The number of hydrogen-bond donors (Lipinski definition) is 1. The van der Waals surface area contributed by atoms with E-state index in [2.05, 4.69) is 23.7 Å². The highest BCUT2D eigenvalue weighted by molar-refractivity contribution is 5.67. The molecular weight excluding hydrogens is 150 g/mol. The topological polar surface area (TPSA) is 21.3 Å². The van der Waals surface area contributed by atoms with E-state index in [1.54, 1.807) is 0 Å². The second-order valence-electron chi connectivity index (χ2n) is 2.73. The first kappa shape index (κ1) is 7.53. The van der Waals surface area contributed by atoms with Crippen LogP contribution in [0.15, 0.2) is 36.4 Å². The van der Waals surface area contributed by atoms with Crippen LogP contribution in [0.3, 0.4) is 0 Å². The summed E-state index contributed by atoms with van der Waals surface area (Å²) in [6, 6.07) is 10.3. The van der Waals surface area contributed by atoms with E-state index in [-0.39, 0.29) is 0 Å². The van der Waals surface area contributed by atoms with Gasteiger partial charge in [-0.3, -0.25) is 4.84 Å². The zero-order chi connectivity index (χ0) is 8.23. The molecule has 0 bridgehead atoms. The Balaban J connectivity index is 2.24. The van der Waals surface area contributed by atoms with E-state index in [4.69, 9.17) is 4.84 Å². The Morgan fingerprint density at radius 2 is 2.00 bits per heavy atom. The highest BCUT2D eigenvalue weighted by atomic mass is 16.6. The quantitative estimate of drug-likeness (QED) is 0.675. The first-order chi connectivity index (χ1) is 5.97. The molecule has 12 heavy (non-hydrogen) atoms. The Hall–Kier alpha value is -1.12. The standard InChI is InChI=1S/C10H11NO/c1-2-4-9(5-3-1)10-6-7-12-11-8-10/h1-6,11H,7-8H2. The fraction of sp³-hybridized carbons (Fsp3) is 0.200. The first-order valence-corrected chi connectivity index (χ1v) is 4.06. The molecule has 0 amide bonds. The van der Waals surface area contributed by atoms with E-state index in [1.807, 2.05) is 18.2 Å². The van der Waals surface area contributed by atoms with Gasteiger partial charge in [-0.05, 0) is 11.1 Å². The number of hydroxylamine groups is 1. The highest BCUT2D eigenvalue weighted by Gasteiger charge is 2.03. The number of nitrogens with one attached hydrogen (secondary N) is 1. The summed E-state index contributed by atoms with van der Waals surface area (Å²) in [7, 11) is 0. The minimum atomic E-state index is 0.657. The molecule has 0 saturated heterocycles. The van der Waals surface area contributed by atoms with Crippen molar-refractivity contribution in [2.75, 3.05) is 13.2 Å². The summed E-state index contributed by atoms with van der Waals surface area (Å²) in [6.45, 7) is 1.45. The largest absolute Gasteiger partial charge is 0.297 e. The maximum atomic E-state index is 4.99. The van der Waals surface area contributed by atoms with E-state index in [0.29, 0.717) is 6.61 Å². The molecule has 0 unspecified atom stereocenters. The molecular formula is C10H11NO. The number of hydrogen-bond acceptors (Lipinski definition) is 2. The van der Waals surface area contributed by atoms with Crippen LogP contribution in [-0.4, -0.2) is 13.2 Å². The van der Waals surface area contributed by atoms with E-state index in [0.717, 1.165) is 6.54 Å². The van der Waals surface area contributed by atoms with Crippen molar-refractivity contribution < 1.29 is 4.84 Å². The molecule has 2 rings (SSSR count). The van der Waals surface area contributed by atoms with Crippen molar-refractivity contribution in [1.82, 2.24) is 5.48 Å². The molecule has 2 nitrogen and oxygen atoms in total. The maximum absolute atomic E-state index is 4.99. The van der Waals surface area contributed by atoms with Crippen LogP contribution >= 0.6 is 0 Å². The van der Waals surface area contributed by atoms with Crippen molar-refractivity contribution in [3.63, 3.8) is 0 Å². The van der Waals surface area contributed by atoms with E-state index in [9.17, 15) is 0 Å². The van der Waals surface area contributed by atoms with Crippen molar-refractivity contribution in [2.24, 2.45) is 0 Å². The lowest BCUT2D eigenvalue weighted by Crippen LogP contribution is -2.21. The molecule has 0 spiro atoms. The average Bonchev–Trinajstić information content (AvgIpc) is 2.21. The number of rotatable bonds is 1. The fourth-order valence-electron chi connectivity index (χ4n) is 1.27. The summed E-state index contributed by atoms with van der Waals surface area (Å²) >= 11 is 0. The third kappa shape index (κ3) is 1.55. The third-order valence-corrected chi connectivity index (χ3v) is 1.92. The molecule has 1 aliphatic rings. The van der Waals surface area contributed by atoms with Gasteiger partial charge in [0.15, 0.2) is 0 Å². The first-order valence-electron chi connectivity index (χ1n) is 4.06. The predicted octanol–water partition coefficient (Wildman–Crippen LogP) is 1.60. The lowest BCUT2D eigenvalue weighted by molar-refractivity contribution is 0.0654. The van der Waals surface area contributed by atoms with Crippen LogP contribution in [0.5, 0.6) is 0 Å². The van der Waals surface area contributed by atoms with Crippen LogP contribution in [0.1, 0.15) is 5.56 Å². The predicted molar refractivity (Wildman–Crippen MR) is 48.4 cm³/mol. The Kier molecular flexibility index (Phi) is 2.21. The van der Waals surface area contributed by atoms with E-state index < -0.39 is 0 Å². The van der Waals surface area contributed by atoms with Gasteiger partial charge in [-0.15, -0.1) is 0 Å². The molecule has 0 radical (unpaired) electrons. The normalized spacial score (nSPS) is 17.2. The van der Waals surface area contributed by atoms with Crippen molar-refractivity contribution in [1.29, 1.82) is 0 Å². The molecule has 1 aromatic carbocycles. The molecule has 62 valence electrons. The smallest absolute Gasteiger partial charge is 0.0870 e. The summed E-state index contributed by atoms with van der Waals surface area (Å²) in [6.07, 6.45) is 2.10. The summed E-state index contributed by atoms with van der Waals surface area (Å²) in [5, 5.41) is 0. The molecule has 0 aromatic heterocycles. The Bertz CT molecular complexity index is 279. The monoisotopic (exact) mass is 161 g/mol. The highest BCUT2D eigenvalue weighted by Crippen LogP contribution is 2.14. The van der Waals surface area contributed by atoms with Gasteiger partial charge in [0.1, 0.15) is 0 Å². The van der Waals surface area contributed by atoms with Crippen LogP contribution in [0.2, 0.25) is 0 Å². The SMILES string of the molecule is C1=C(c2ccccc2)CNOC1. The van der Waals surface area contributed by atoms with Crippen molar-refractivity contribution in [2.45, 2.75) is 0 Å². The minimum absolute atomic E-state index is 0.657. The lowest BCUT2D eigenvalue weighted by atomic mass is 10.1. The van der Waals surface area contributed by atoms with Crippen molar-refractivity contribution in [3.05, 3.63) is 42.0 Å². The van der Waals surface area contributed by atoms with Crippen LogP contribution in [0.25, 0.3) is 5.57 Å². The zero-order valence-electron chi connectivity index (χ0n) is 6.79. The summed E-state index contributed by atoms with van der Waals surface area (Å²) in [4.78, 5) is 4.99. The second kappa shape index (κ2) is 3.52. The van der Waals surface area contributed by atoms with Crippen LogP contribution in [0.4, 0.5) is 0 Å². The fourth-order valence-corrected chi connectivity index (χ4v) is 1.27. The van der Waals surface area contributed by atoms with Crippen molar-refractivity contribution in [3.8, 4) is 0 Å². The molecule has 0 saturated carbocycles. The molecule has 1 heterocycles. The Morgan fingerprint density at radius 3 is 2.67 bits per heavy atom. The summed E-state index contributed by atoms with van der Waals surface area (Å²) in [5.74, 6) is 0. The molecule has 1 aliphatic heterocycles. The number of benzene rings is 1. The van der Waals surface area contributed by atoms with Gasteiger partial charge in [-0.1, -0.05) is 36.4 Å². The van der Waals surface area contributed by atoms with Crippen LogP contribution in [-0.2, 0) is 4.84 Å². The van der Waals surface area contributed by atoms with Gasteiger partial charge in [-0.25, -0.2) is 0 Å². The van der Waals surface area contributed by atoms with E-state index >= 15 is 0 Å². The van der Waals surface area contributed by atoms with Crippen LogP contribution in [0, 0.1) is 0 Å². The molecule has 0 fully saturated rings. The Labute approximate surface area is 71.8 Å². The second-order valence-corrected chi connectivity index (χ2v) is 2.73. The summed E-state index contributed by atoms with van der Waals surface area (Å²) < 4.78 is 0. The van der Waals surface area contributed by atoms with Gasteiger partial charge in [-0.2, -0.15) is 5.48 Å². The molecule has 1 aromatic rings. The summed E-state index contributed by atoms with van der Waals surface area (Å²) in [5.41, 5.74) is 5.44. The van der Waals surface area contributed by atoms with Gasteiger partial charge < -0.3 is 0 Å². The van der Waals surface area contributed by atoms with Crippen molar-refractivity contribution >= 4 is 5.57 Å². The molecule has 2 heteroatoms. The maximum Gasteiger partial charge on any atom is 0.0870 e. The zero-order valence-corrected chi connectivity index (χ0v) is 6.79. The average molecular weight is 161 g/mol. The van der Waals surface area contributed by atoms with E-state index in [1.165, 1.54) is 11.1 Å². The van der Waals surface area contributed by atoms with Gasteiger partial charge >= 0.3 is 0 Å². The van der Waals surface area contributed by atoms with Gasteiger partial charge in [0, 0.05) is 6.54 Å². The third-order valence-electron chi connectivity index (χ3n) is 1.92. The Morgan fingerprint density at radius 1 is 1.17 bits per heavy atom. The van der Waals surface area contributed by atoms with Crippen LogP contribution < -0.4 is 5.48 Å². The van der Waals surface area contributed by atoms with Gasteiger partial charge in [0.25, 0.3) is 0 Å². The molecule has 0 aliphatic carbocycles. The van der Waals surface area contributed by atoms with Gasteiger partial charge in [0.05, 0.1) is 6.61 Å².